The van der Waals surface area contributed by atoms with Gasteiger partial charge >= 0.3 is 0 Å². The molecule has 0 saturated heterocycles. The summed E-state index contributed by atoms with van der Waals surface area (Å²) in [4.78, 5) is 24.1. The van der Waals surface area contributed by atoms with Crippen LogP contribution in [-0.2, 0) is 4.74 Å². The lowest BCUT2D eigenvalue weighted by Gasteiger charge is -2.21. The monoisotopic (exact) mass is 364 g/mol. The molecule has 0 N–H and O–H groups in total. The molecular weight excluding hydrogens is 351 g/mol. The van der Waals surface area contributed by atoms with Crippen molar-refractivity contribution in [1.82, 2.24) is 4.90 Å². The average Bonchev–Trinajstić information content (AvgIpc) is 2.42. The summed E-state index contributed by atoms with van der Waals surface area (Å²) in [6, 6.07) is 4.14. The number of hydrogen-bond acceptors (Lipinski definition) is 4. The molecule has 0 atom stereocenters. The zero-order valence-corrected chi connectivity index (χ0v) is 13.2. The molecule has 6 nitrogen and oxygen atoms in total. The first-order valence-corrected chi connectivity index (χ1v) is 7.11. The largest absolute Gasteiger partial charge is 0.383 e. The van der Waals surface area contributed by atoms with Crippen LogP contribution in [0.15, 0.2) is 22.7 Å². The van der Waals surface area contributed by atoms with E-state index in [-0.39, 0.29) is 23.0 Å². The minimum Gasteiger partial charge on any atom is -0.383 e. The lowest BCUT2D eigenvalue weighted by molar-refractivity contribution is -0.385. The van der Waals surface area contributed by atoms with Gasteiger partial charge in [0, 0.05) is 48.2 Å². The van der Waals surface area contributed by atoms with Crippen LogP contribution < -0.4 is 0 Å². The van der Waals surface area contributed by atoms with E-state index in [0.29, 0.717) is 24.2 Å². The number of rotatable bonds is 7. The molecule has 1 rings (SSSR count). The summed E-state index contributed by atoms with van der Waals surface area (Å²) in [7, 11) is 1.54. The Bertz CT molecular complexity index is 498. The van der Waals surface area contributed by atoms with Crippen molar-refractivity contribution in [2.24, 2.45) is 0 Å². The van der Waals surface area contributed by atoms with Gasteiger partial charge in [0.25, 0.3) is 11.6 Å². The van der Waals surface area contributed by atoms with Crippen molar-refractivity contribution in [3.63, 3.8) is 0 Å². The Kier molecular flexibility index (Phi) is 6.90. The second-order valence-electron chi connectivity index (χ2n) is 3.93. The minimum absolute atomic E-state index is 0.139. The van der Waals surface area contributed by atoms with Crippen LogP contribution in [0.3, 0.4) is 0 Å². The maximum Gasteiger partial charge on any atom is 0.271 e. The van der Waals surface area contributed by atoms with Crippen LogP contribution in [0.2, 0.25) is 0 Å². The molecule has 1 amide bonds. The number of halogens is 2. The molecule has 0 spiro atoms. The molecule has 1 aromatic carbocycles. The summed E-state index contributed by atoms with van der Waals surface area (Å²) >= 11 is 8.83. The Hall–Kier alpha value is -1.18. The predicted octanol–water partition coefficient (Wildman–Crippen LogP) is 2.68. The highest BCUT2D eigenvalue weighted by Crippen LogP contribution is 2.22. The minimum atomic E-state index is -0.539. The Labute approximate surface area is 129 Å². The maximum absolute atomic E-state index is 12.3. The van der Waals surface area contributed by atoms with E-state index in [9.17, 15) is 14.9 Å². The number of carbonyl (C=O) groups is 1. The van der Waals surface area contributed by atoms with Crippen LogP contribution >= 0.6 is 27.5 Å². The smallest absolute Gasteiger partial charge is 0.271 e. The third kappa shape index (κ3) is 4.73. The zero-order valence-electron chi connectivity index (χ0n) is 10.8. The normalized spacial score (nSPS) is 10.3. The topological polar surface area (TPSA) is 72.7 Å². The number of carbonyl (C=O) groups excluding carboxylic acids is 1. The fourth-order valence-corrected chi connectivity index (χ4v) is 2.29. The summed E-state index contributed by atoms with van der Waals surface area (Å²) in [6.45, 7) is 1.10. The van der Waals surface area contributed by atoms with Crippen molar-refractivity contribution >= 4 is 39.1 Å². The molecule has 0 aliphatic rings. The number of benzene rings is 1. The van der Waals surface area contributed by atoms with Crippen LogP contribution in [0, 0.1) is 10.1 Å². The van der Waals surface area contributed by atoms with E-state index in [0.717, 1.165) is 0 Å². The van der Waals surface area contributed by atoms with Gasteiger partial charge in [0.2, 0.25) is 0 Å². The molecule has 0 bridgehead atoms. The van der Waals surface area contributed by atoms with E-state index in [2.05, 4.69) is 15.9 Å². The van der Waals surface area contributed by atoms with E-state index in [1.807, 2.05) is 0 Å². The van der Waals surface area contributed by atoms with Crippen molar-refractivity contribution < 1.29 is 14.5 Å². The van der Waals surface area contributed by atoms with Crippen LogP contribution in [0.25, 0.3) is 0 Å². The molecule has 0 saturated carbocycles. The molecule has 0 fully saturated rings. The summed E-state index contributed by atoms with van der Waals surface area (Å²) in [6.07, 6.45) is 0. The molecule has 8 heteroatoms. The second-order valence-corrected chi connectivity index (χ2v) is 5.22. The number of nitro benzene ring substituents is 1. The van der Waals surface area contributed by atoms with Crippen molar-refractivity contribution in [3.8, 4) is 0 Å². The fourth-order valence-electron chi connectivity index (χ4n) is 1.60. The van der Waals surface area contributed by atoms with E-state index in [4.69, 9.17) is 16.3 Å². The van der Waals surface area contributed by atoms with E-state index < -0.39 is 4.92 Å². The number of amides is 1. The highest BCUT2D eigenvalue weighted by Gasteiger charge is 2.19. The Morgan fingerprint density at radius 1 is 1.45 bits per heavy atom. The first-order chi connectivity index (χ1) is 9.49. The summed E-state index contributed by atoms with van der Waals surface area (Å²) in [5.74, 6) is -0.0296. The fraction of sp³-hybridized carbons (Fsp3) is 0.417. The maximum atomic E-state index is 12.3. The molecule has 110 valence electrons. The highest BCUT2D eigenvalue weighted by atomic mass is 79.9. The molecule has 0 unspecified atom stereocenters. The van der Waals surface area contributed by atoms with Gasteiger partial charge in [-0.2, -0.15) is 0 Å². The van der Waals surface area contributed by atoms with Crippen molar-refractivity contribution in [1.29, 1.82) is 0 Å². The van der Waals surface area contributed by atoms with Crippen molar-refractivity contribution in [3.05, 3.63) is 38.3 Å². The van der Waals surface area contributed by atoms with Crippen molar-refractivity contribution in [2.45, 2.75) is 0 Å². The first kappa shape index (κ1) is 16.9. The van der Waals surface area contributed by atoms with Gasteiger partial charge in [0.05, 0.1) is 11.5 Å². The first-order valence-electron chi connectivity index (χ1n) is 5.78. The zero-order chi connectivity index (χ0) is 15.1. The second kappa shape index (κ2) is 8.18. The molecule has 0 radical (unpaired) electrons. The van der Waals surface area contributed by atoms with Gasteiger partial charge in [-0.05, 0) is 6.07 Å². The predicted molar refractivity (Wildman–Crippen MR) is 79.3 cm³/mol. The summed E-state index contributed by atoms with van der Waals surface area (Å²) in [5, 5.41) is 10.8. The van der Waals surface area contributed by atoms with Gasteiger partial charge in [0.1, 0.15) is 0 Å². The van der Waals surface area contributed by atoms with Crippen LogP contribution in [-0.4, -0.2) is 48.4 Å². The summed E-state index contributed by atoms with van der Waals surface area (Å²) < 4.78 is 5.42. The van der Waals surface area contributed by atoms with Gasteiger partial charge in [-0.3, -0.25) is 14.9 Å². The number of hydrogen-bond donors (Lipinski definition) is 0. The van der Waals surface area contributed by atoms with Crippen molar-refractivity contribution in [2.75, 3.05) is 32.7 Å². The lowest BCUT2D eigenvalue weighted by atomic mass is 10.1. The number of nitrogens with zero attached hydrogens (tertiary/aromatic N) is 2. The van der Waals surface area contributed by atoms with Gasteiger partial charge in [0.15, 0.2) is 0 Å². The lowest BCUT2D eigenvalue weighted by Crippen LogP contribution is -2.35. The Morgan fingerprint density at radius 3 is 2.70 bits per heavy atom. The number of ether oxygens (including phenoxy) is 1. The van der Waals surface area contributed by atoms with Crippen LogP contribution in [0.1, 0.15) is 10.4 Å². The quantitative estimate of drug-likeness (QED) is 0.423. The van der Waals surface area contributed by atoms with Gasteiger partial charge in [-0.1, -0.05) is 15.9 Å². The molecular formula is C12H14BrClN2O4. The number of methoxy groups -OCH3 is 1. The van der Waals surface area contributed by atoms with Crippen LogP contribution in [0.4, 0.5) is 5.69 Å². The third-order valence-corrected chi connectivity index (χ3v) is 3.17. The molecule has 0 aliphatic heterocycles. The van der Waals surface area contributed by atoms with E-state index in [1.165, 1.54) is 24.1 Å². The summed E-state index contributed by atoms with van der Waals surface area (Å²) in [5.41, 5.74) is 0.104. The number of non-ortho nitro benzene ring substituents is 1. The molecule has 0 heterocycles. The Morgan fingerprint density at radius 2 is 2.15 bits per heavy atom. The molecule has 0 aromatic heterocycles. The van der Waals surface area contributed by atoms with E-state index >= 15 is 0 Å². The van der Waals surface area contributed by atoms with Gasteiger partial charge in [-0.15, -0.1) is 11.6 Å². The molecule has 20 heavy (non-hydrogen) atoms. The van der Waals surface area contributed by atoms with Gasteiger partial charge < -0.3 is 9.64 Å². The van der Waals surface area contributed by atoms with Crippen LogP contribution in [0.5, 0.6) is 0 Å². The number of alkyl halides is 1. The standard InChI is InChI=1S/C12H14BrClN2O4/c1-20-5-4-15(3-2-14)12(17)9-6-10(13)8-11(7-9)16(18)19/h6-8H,2-5H2,1H3. The Balaban J connectivity index is 3.01. The van der Waals surface area contributed by atoms with E-state index in [1.54, 1.807) is 6.07 Å². The molecule has 0 aliphatic carbocycles. The highest BCUT2D eigenvalue weighted by molar-refractivity contribution is 9.10. The third-order valence-electron chi connectivity index (χ3n) is 2.55. The average molecular weight is 366 g/mol. The van der Waals surface area contributed by atoms with Gasteiger partial charge in [-0.25, -0.2) is 0 Å². The number of nitro groups is 1. The molecule has 1 aromatic rings. The SMILES string of the molecule is COCCN(CCCl)C(=O)c1cc(Br)cc([N+](=O)[O-])c1.